The largest absolute Gasteiger partial charge is 0.465 e. The van der Waals surface area contributed by atoms with Gasteiger partial charge in [-0.25, -0.2) is 4.79 Å². The molecule has 2 unspecified atom stereocenters. The second kappa shape index (κ2) is 7.37. The van der Waals surface area contributed by atoms with Gasteiger partial charge in [0.05, 0.1) is 13.2 Å². The van der Waals surface area contributed by atoms with Crippen molar-refractivity contribution in [2.75, 3.05) is 12.4 Å². The molecule has 2 atom stereocenters. The summed E-state index contributed by atoms with van der Waals surface area (Å²) in [4.78, 5) is 25.5. The molecule has 0 fully saturated rings. The molecule has 0 bridgehead atoms. The van der Waals surface area contributed by atoms with Crippen LogP contribution in [0.4, 0.5) is 5.69 Å². The molecule has 3 rings (SSSR count). The molecule has 2 heterocycles. The van der Waals surface area contributed by atoms with Gasteiger partial charge in [-0.2, -0.15) is 5.11 Å². The lowest BCUT2D eigenvalue weighted by Crippen LogP contribution is -2.30. The van der Waals surface area contributed by atoms with Gasteiger partial charge >= 0.3 is 5.97 Å². The fraction of sp³-hybridized carbons (Fsp3) is 0.294. The topological polar surface area (TPSA) is 80.1 Å². The third kappa shape index (κ3) is 3.74. The van der Waals surface area contributed by atoms with Gasteiger partial charge in [-0.3, -0.25) is 4.79 Å². The van der Waals surface area contributed by atoms with Gasteiger partial charge in [-0.1, -0.05) is 12.1 Å². The monoisotopic (exact) mass is 375 g/mol. The van der Waals surface area contributed by atoms with Crippen molar-refractivity contribution in [2.24, 2.45) is 9.63 Å². The Labute approximate surface area is 153 Å². The summed E-state index contributed by atoms with van der Waals surface area (Å²) in [7, 11) is 1.37. The number of nitrogens with zero attached hydrogens (tertiary/aromatic N) is 2. The fourth-order valence-corrected chi connectivity index (χ4v) is 4.13. The van der Waals surface area contributed by atoms with E-state index in [0.29, 0.717) is 4.88 Å². The Morgan fingerprint density at radius 1 is 1.24 bits per heavy atom. The van der Waals surface area contributed by atoms with E-state index in [1.54, 1.807) is 0 Å². The molecule has 0 spiro atoms. The Morgan fingerprint density at radius 2 is 1.96 bits per heavy atom. The standard InChI is InChI=1S/C17H17N3O3S2/c1-9-15(25-20-19-9)16(21)18-12-6-4-11(5-7-12)13-8-14(17(22)23-3)24-10(13)2/h4-9,15H,1-3H3,(H,18,21). The second-order valence-corrected chi connectivity index (χ2v) is 7.74. The smallest absolute Gasteiger partial charge is 0.348 e. The molecule has 1 aromatic heterocycles. The summed E-state index contributed by atoms with van der Waals surface area (Å²) in [5.74, 6) is -0.433. The third-order valence-electron chi connectivity index (χ3n) is 3.85. The van der Waals surface area contributed by atoms with E-state index in [1.807, 2.05) is 44.2 Å². The minimum Gasteiger partial charge on any atom is -0.465 e. The van der Waals surface area contributed by atoms with Gasteiger partial charge in [0.15, 0.2) is 0 Å². The molecule has 1 aliphatic rings. The van der Waals surface area contributed by atoms with Crippen LogP contribution in [0.5, 0.6) is 0 Å². The van der Waals surface area contributed by atoms with E-state index in [1.165, 1.54) is 30.4 Å². The summed E-state index contributed by atoms with van der Waals surface area (Å²) in [6, 6.07) is 9.26. The first-order chi connectivity index (χ1) is 12.0. The van der Waals surface area contributed by atoms with E-state index in [2.05, 4.69) is 15.0 Å². The van der Waals surface area contributed by atoms with E-state index < -0.39 is 0 Å². The second-order valence-electron chi connectivity index (χ2n) is 5.60. The van der Waals surface area contributed by atoms with Crippen molar-refractivity contribution in [3.63, 3.8) is 0 Å². The van der Waals surface area contributed by atoms with Gasteiger partial charge in [0.2, 0.25) is 5.91 Å². The normalized spacial score (nSPS) is 19.0. The van der Waals surface area contributed by atoms with Gasteiger partial charge < -0.3 is 10.1 Å². The number of thiophene rings is 1. The number of ether oxygens (including phenoxy) is 1. The minimum absolute atomic E-state index is 0.102. The third-order valence-corrected chi connectivity index (χ3v) is 5.91. The Balaban J connectivity index is 1.73. The number of hydrogen-bond acceptors (Lipinski definition) is 7. The highest BCUT2D eigenvalue weighted by molar-refractivity contribution is 7.99. The summed E-state index contributed by atoms with van der Waals surface area (Å²) in [5, 5.41) is 6.56. The maximum atomic E-state index is 12.2. The quantitative estimate of drug-likeness (QED) is 0.637. The summed E-state index contributed by atoms with van der Waals surface area (Å²) in [5.41, 5.74) is 2.69. The molecule has 0 radical (unpaired) electrons. The van der Waals surface area contributed by atoms with Crippen LogP contribution in [0.15, 0.2) is 40.0 Å². The van der Waals surface area contributed by atoms with E-state index in [4.69, 9.17) is 4.74 Å². The number of rotatable bonds is 4. The van der Waals surface area contributed by atoms with Crippen LogP contribution in [0, 0.1) is 6.92 Å². The minimum atomic E-state index is -0.331. The molecule has 1 aliphatic heterocycles. The fourth-order valence-electron chi connectivity index (χ4n) is 2.48. The number of anilines is 1. The van der Waals surface area contributed by atoms with Gasteiger partial charge in [-0.15, -0.1) is 15.9 Å². The number of carbonyl (C=O) groups excluding carboxylic acids is 2. The maximum absolute atomic E-state index is 12.2. The van der Waals surface area contributed by atoms with E-state index in [9.17, 15) is 9.59 Å². The van der Waals surface area contributed by atoms with Crippen LogP contribution in [-0.2, 0) is 9.53 Å². The molecule has 2 aromatic rings. The number of benzene rings is 1. The van der Waals surface area contributed by atoms with Crippen LogP contribution in [0.25, 0.3) is 11.1 Å². The van der Waals surface area contributed by atoms with Crippen LogP contribution in [-0.4, -0.2) is 30.3 Å². The van der Waals surface area contributed by atoms with Crippen molar-refractivity contribution in [1.29, 1.82) is 0 Å². The number of nitrogens with one attached hydrogen (secondary N) is 1. The van der Waals surface area contributed by atoms with Crippen LogP contribution in [0.3, 0.4) is 0 Å². The molecular weight excluding hydrogens is 358 g/mol. The highest BCUT2D eigenvalue weighted by Crippen LogP contribution is 2.32. The van der Waals surface area contributed by atoms with Crippen molar-refractivity contribution < 1.29 is 14.3 Å². The maximum Gasteiger partial charge on any atom is 0.348 e. The highest BCUT2D eigenvalue weighted by atomic mass is 32.2. The van der Waals surface area contributed by atoms with Crippen LogP contribution >= 0.6 is 23.3 Å². The summed E-state index contributed by atoms with van der Waals surface area (Å²) >= 11 is 2.60. The number of methoxy groups -OCH3 is 1. The Morgan fingerprint density at radius 3 is 2.56 bits per heavy atom. The molecule has 0 aliphatic carbocycles. The van der Waals surface area contributed by atoms with Gasteiger partial charge in [-0.05, 0) is 43.2 Å². The number of carbonyl (C=O) groups is 2. The van der Waals surface area contributed by atoms with Crippen LogP contribution in [0.2, 0.25) is 0 Å². The molecule has 6 nitrogen and oxygen atoms in total. The van der Waals surface area contributed by atoms with Gasteiger partial charge in [0.1, 0.15) is 10.1 Å². The Kier molecular flexibility index (Phi) is 5.19. The van der Waals surface area contributed by atoms with Gasteiger partial charge in [0.25, 0.3) is 0 Å². The summed E-state index contributed by atoms with van der Waals surface area (Å²) in [6.07, 6.45) is 0. The number of hydrogen-bond donors (Lipinski definition) is 1. The van der Waals surface area contributed by atoms with Crippen molar-refractivity contribution >= 4 is 40.8 Å². The molecule has 0 saturated carbocycles. The molecule has 1 N–H and O–H groups in total. The zero-order valence-electron chi connectivity index (χ0n) is 14.0. The number of aryl methyl sites for hydroxylation is 1. The van der Waals surface area contributed by atoms with Crippen LogP contribution < -0.4 is 5.32 Å². The van der Waals surface area contributed by atoms with E-state index in [-0.39, 0.29) is 23.2 Å². The average molecular weight is 375 g/mol. The van der Waals surface area contributed by atoms with Crippen molar-refractivity contribution in [2.45, 2.75) is 25.1 Å². The molecule has 8 heteroatoms. The van der Waals surface area contributed by atoms with Crippen molar-refractivity contribution in [3.05, 3.63) is 40.1 Å². The first kappa shape index (κ1) is 17.6. The number of esters is 1. The summed E-state index contributed by atoms with van der Waals surface area (Å²) < 4.78 is 8.61. The number of amides is 1. The zero-order chi connectivity index (χ0) is 18.0. The first-order valence-corrected chi connectivity index (χ1v) is 9.31. The van der Waals surface area contributed by atoms with E-state index >= 15 is 0 Å². The van der Waals surface area contributed by atoms with Crippen molar-refractivity contribution in [1.82, 2.24) is 0 Å². The van der Waals surface area contributed by atoms with Crippen LogP contribution in [0.1, 0.15) is 21.5 Å². The lowest BCUT2D eigenvalue weighted by Gasteiger charge is -2.12. The SMILES string of the molecule is COC(=O)c1cc(-c2ccc(NC(=O)C3SN=NC3C)cc2)c(C)s1. The predicted octanol–water partition coefficient (Wildman–Crippen LogP) is 4.32. The molecular formula is C17H17N3O3S2. The first-order valence-electron chi connectivity index (χ1n) is 7.65. The van der Waals surface area contributed by atoms with E-state index in [0.717, 1.165) is 21.7 Å². The average Bonchev–Trinajstić information content (AvgIpc) is 3.20. The Hall–Kier alpha value is -2.19. The highest BCUT2D eigenvalue weighted by Gasteiger charge is 2.30. The molecule has 25 heavy (non-hydrogen) atoms. The predicted molar refractivity (Wildman–Crippen MR) is 100 cm³/mol. The molecule has 1 aromatic carbocycles. The Bertz CT molecular complexity index is 830. The molecule has 0 saturated heterocycles. The van der Waals surface area contributed by atoms with Crippen molar-refractivity contribution in [3.8, 4) is 11.1 Å². The molecule has 1 amide bonds. The zero-order valence-corrected chi connectivity index (χ0v) is 15.6. The summed E-state index contributed by atoms with van der Waals surface area (Å²) in [6.45, 7) is 3.84. The molecule has 130 valence electrons. The lowest BCUT2D eigenvalue weighted by molar-refractivity contribution is -0.115. The lowest BCUT2D eigenvalue weighted by atomic mass is 10.1. The van der Waals surface area contributed by atoms with Gasteiger partial charge in [0, 0.05) is 22.5 Å².